The summed E-state index contributed by atoms with van der Waals surface area (Å²) in [5.74, 6) is -4.30. The van der Waals surface area contributed by atoms with Gasteiger partial charge in [-0.2, -0.15) is 5.10 Å². The van der Waals surface area contributed by atoms with Crippen LogP contribution in [0.3, 0.4) is 0 Å². The van der Waals surface area contributed by atoms with Crippen LogP contribution in [0.5, 0.6) is 0 Å². The molecule has 0 aliphatic rings. The summed E-state index contributed by atoms with van der Waals surface area (Å²) in [6.45, 7) is 0. The highest BCUT2D eigenvalue weighted by molar-refractivity contribution is 5.58. The second kappa shape index (κ2) is 3.80. The van der Waals surface area contributed by atoms with Gasteiger partial charge in [0.25, 0.3) is 0 Å². The molecule has 0 spiro atoms. The molecule has 2 aromatic rings. The van der Waals surface area contributed by atoms with Gasteiger partial charge in [-0.15, -0.1) is 0 Å². The number of hydrogen-bond acceptors (Lipinski definition) is 2. The average Bonchev–Trinajstić information content (AvgIpc) is 2.26. The quantitative estimate of drug-likeness (QED) is 0.754. The van der Waals surface area contributed by atoms with Gasteiger partial charge in [0.05, 0.1) is 0 Å². The lowest BCUT2D eigenvalue weighted by Gasteiger charge is -2.01. The molecule has 16 heavy (non-hydrogen) atoms. The molecular formula is C10H5F3N2O. The summed E-state index contributed by atoms with van der Waals surface area (Å²) in [5, 5.41) is 5.93. The van der Waals surface area contributed by atoms with Crippen molar-refractivity contribution in [2.75, 3.05) is 0 Å². The summed E-state index contributed by atoms with van der Waals surface area (Å²) < 4.78 is 38.5. The van der Waals surface area contributed by atoms with Gasteiger partial charge in [-0.3, -0.25) is 9.89 Å². The van der Waals surface area contributed by atoms with Crippen LogP contribution >= 0.6 is 0 Å². The Bertz CT molecular complexity index is 572. The Balaban J connectivity index is 2.67. The zero-order valence-electron chi connectivity index (χ0n) is 7.80. The lowest BCUT2D eigenvalue weighted by atomic mass is 10.1. The topological polar surface area (TPSA) is 45.8 Å². The van der Waals surface area contributed by atoms with Crippen molar-refractivity contribution in [3.8, 4) is 11.3 Å². The van der Waals surface area contributed by atoms with Crippen LogP contribution in [-0.4, -0.2) is 10.2 Å². The molecule has 3 nitrogen and oxygen atoms in total. The maximum Gasteiger partial charge on any atom is 0.208 e. The van der Waals surface area contributed by atoms with Crippen LogP contribution < -0.4 is 5.43 Å². The number of H-pyrrole nitrogens is 1. The molecule has 0 unspecified atom stereocenters. The molecule has 0 saturated carbocycles. The molecule has 0 saturated heterocycles. The van der Waals surface area contributed by atoms with E-state index in [0.717, 1.165) is 18.2 Å². The number of aromatic amines is 1. The lowest BCUT2D eigenvalue weighted by Crippen LogP contribution is -2.07. The van der Waals surface area contributed by atoms with E-state index in [1.807, 2.05) is 0 Å². The summed E-state index contributed by atoms with van der Waals surface area (Å²) in [6.07, 6.45) is 1.28. The van der Waals surface area contributed by atoms with E-state index in [1.165, 1.54) is 6.20 Å². The zero-order valence-corrected chi connectivity index (χ0v) is 7.80. The fourth-order valence-corrected chi connectivity index (χ4v) is 1.25. The summed E-state index contributed by atoms with van der Waals surface area (Å²) in [4.78, 5) is 11.3. The maximum absolute atomic E-state index is 12.9. The van der Waals surface area contributed by atoms with E-state index in [2.05, 4.69) is 10.2 Å². The molecule has 1 aromatic heterocycles. The van der Waals surface area contributed by atoms with Crippen molar-refractivity contribution in [3.63, 3.8) is 0 Å². The first kappa shape index (κ1) is 10.4. The van der Waals surface area contributed by atoms with Gasteiger partial charge in [0.2, 0.25) is 5.43 Å². The summed E-state index contributed by atoms with van der Waals surface area (Å²) in [6, 6.07) is 2.59. The van der Waals surface area contributed by atoms with Crippen LogP contribution in [0.2, 0.25) is 0 Å². The Morgan fingerprint density at radius 2 is 1.75 bits per heavy atom. The average molecular weight is 226 g/mol. The predicted octanol–water partition coefficient (Wildman–Crippen LogP) is 1.85. The molecule has 6 heteroatoms. The number of rotatable bonds is 1. The van der Waals surface area contributed by atoms with Crippen LogP contribution in [0, 0.1) is 17.5 Å². The van der Waals surface area contributed by atoms with E-state index < -0.39 is 22.9 Å². The van der Waals surface area contributed by atoms with Gasteiger partial charge in [0.1, 0.15) is 5.69 Å². The van der Waals surface area contributed by atoms with Crippen molar-refractivity contribution in [3.05, 3.63) is 52.1 Å². The van der Waals surface area contributed by atoms with Crippen molar-refractivity contribution in [1.82, 2.24) is 10.2 Å². The third-order valence-electron chi connectivity index (χ3n) is 1.98. The molecular weight excluding hydrogens is 221 g/mol. The third kappa shape index (κ3) is 1.69. The molecule has 1 heterocycles. The Morgan fingerprint density at radius 3 is 2.31 bits per heavy atom. The van der Waals surface area contributed by atoms with Crippen LogP contribution in [0.25, 0.3) is 11.3 Å². The van der Waals surface area contributed by atoms with Crippen molar-refractivity contribution < 1.29 is 13.2 Å². The van der Waals surface area contributed by atoms with Gasteiger partial charge >= 0.3 is 0 Å². The normalized spacial score (nSPS) is 10.4. The van der Waals surface area contributed by atoms with Crippen LogP contribution in [0.15, 0.2) is 29.2 Å². The summed E-state index contributed by atoms with van der Waals surface area (Å²) >= 11 is 0. The number of nitrogens with zero attached hydrogens (tertiary/aromatic N) is 1. The second-order valence-corrected chi connectivity index (χ2v) is 3.04. The van der Waals surface area contributed by atoms with E-state index >= 15 is 0 Å². The first-order valence-electron chi connectivity index (χ1n) is 4.28. The summed E-state index contributed by atoms with van der Waals surface area (Å²) in [5.41, 5.74) is -0.789. The van der Waals surface area contributed by atoms with E-state index in [4.69, 9.17) is 0 Å². The zero-order chi connectivity index (χ0) is 11.7. The van der Waals surface area contributed by atoms with E-state index in [9.17, 15) is 18.0 Å². The third-order valence-corrected chi connectivity index (χ3v) is 1.98. The molecule has 2 rings (SSSR count). The molecule has 0 radical (unpaired) electrons. The summed E-state index contributed by atoms with van der Waals surface area (Å²) in [7, 11) is 0. The van der Waals surface area contributed by atoms with Crippen molar-refractivity contribution in [2.24, 2.45) is 0 Å². The molecule has 0 aliphatic carbocycles. The number of aromatic nitrogens is 2. The monoisotopic (exact) mass is 226 g/mol. The minimum atomic E-state index is -1.57. The van der Waals surface area contributed by atoms with Crippen LogP contribution in [-0.2, 0) is 0 Å². The Morgan fingerprint density at radius 1 is 1.12 bits per heavy atom. The van der Waals surface area contributed by atoms with Gasteiger partial charge in [0.15, 0.2) is 17.5 Å². The highest BCUT2D eigenvalue weighted by Crippen LogP contribution is 2.19. The molecule has 1 N–H and O–H groups in total. The minimum absolute atomic E-state index is 0.113. The Hall–Kier alpha value is -2.11. The number of hydrogen-bond donors (Lipinski definition) is 1. The van der Waals surface area contributed by atoms with Crippen molar-refractivity contribution in [1.29, 1.82) is 0 Å². The smallest absolute Gasteiger partial charge is 0.208 e. The van der Waals surface area contributed by atoms with E-state index in [-0.39, 0.29) is 11.3 Å². The van der Waals surface area contributed by atoms with E-state index in [0.29, 0.717) is 0 Å². The first-order valence-corrected chi connectivity index (χ1v) is 4.28. The maximum atomic E-state index is 12.9. The molecule has 0 atom stereocenters. The highest BCUT2D eigenvalue weighted by Gasteiger charge is 2.13. The Kier molecular flexibility index (Phi) is 2.47. The van der Waals surface area contributed by atoms with Gasteiger partial charge < -0.3 is 0 Å². The standard InChI is InChI=1S/C10H5F3N2O/c11-6-3-5(4-7(12)9(6)13)10-8(16)1-2-14-15-10/h1-4H,(H,14,16). The highest BCUT2D eigenvalue weighted by atomic mass is 19.2. The van der Waals surface area contributed by atoms with E-state index in [1.54, 1.807) is 0 Å². The number of nitrogens with one attached hydrogen (secondary N) is 1. The number of benzene rings is 1. The molecule has 0 amide bonds. The van der Waals surface area contributed by atoms with Gasteiger partial charge in [0, 0.05) is 17.8 Å². The fourth-order valence-electron chi connectivity index (χ4n) is 1.25. The second-order valence-electron chi connectivity index (χ2n) is 3.04. The molecule has 0 aliphatic heterocycles. The van der Waals surface area contributed by atoms with Crippen LogP contribution in [0.4, 0.5) is 13.2 Å². The molecule has 1 aromatic carbocycles. The molecule has 0 fully saturated rings. The molecule has 82 valence electrons. The lowest BCUT2D eigenvalue weighted by molar-refractivity contribution is 0.447. The number of halogens is 3. The molecule has 0 bridgehead atoms. The van der Waals surface area contributed by atoms with Gasteiger partial charge in [-0.25, -0.2) is 13.2 Å². The fraction of sp³-hybridized carbons (Fsp3) is 0. The largest absolute Gasteiger partial charge is 0.287 e. The first-order chi connectivity index (χ1) is 7.59. The SMILES string of the molecule is O=c1cc[nH]nc1-c1cc(F)c(F)c(F)c1. The predicted molar refractivity (Wildman–Crippen MR) is 50.2 cm³/mol. The van der Waals surface area contributed by atoms with Gasteiger partial charge in [-0.05, 0) is 12.1 Å². The van der Waals surface area contributed by atoms with Gasteiger partial charge in [-0.1, -0.05) is 0 Å². The van der Waals surface area contributed by atoms with Crippen LogP contribution in [0.1, 0.15) is 0 Å². The van der Waals surface area contributed by atoms with Crippen molar-refractivity contribution >= 4 is 0 Å². The van der Waals surface area contributed by atoms with Crippen molar-refractivity contribution in [2.45, 2.75) is 0 Å². The Labute approximate surface area is 87.6 Å². The minimum Gasteiger partial charge on any atom is -0.287 e.